The molecular formula is C65H112O6. The molecule has 0 amide bonds. The van der Waals surface area contributed by atoms with Crippen LogP contribution in [0, 0.1) is 0 Å². The van der Waals surface area contributed by atoms with E-state index in [1.807, 2.05) is 0 Å². The minimum Gasteiger partial charge on any atom is -0.462 e. The van der Waals surface area contributed by atoms with Crippen molar-refractivity contribution in [2.75, 3.05) is 13.2 Å². The molecule has 0 heterocycles. The summed E-state index contributed by atoms with van der Waals surface area (Å²) in [6.07, 6.45) is 77.2. The predicted octanol–water partition coefficient (Wildman–Crippen LogP) is 20.3. The van der Waals surface area contributed by atoms with Gasteiger partial charge in [0.15, 0.2) is 6.10 Å². The van der Waals surface area contributed by atoms with Crippen molar-refractivity contribution in [3.05, 3.63) is 85.1 Å². The van der Waals surface area contributed by atoms with E-state index < -0.39 is 6.10 Å². The molecule has 0 saturated heterocycles. The molecule has 0 aliphatic carbocycles. The number of hydrogen-bond acceptors (Lipinski definition) is 6. The van der Waals surface area contributed by atoms with Gasteiger partial charge < -0.3 is 14.2 Å². The summed E-state index contributed by atoms with van der Waals surface area (Å²) in [4.78, 5) is 38.2. The predicted molar refractivity (Wildman–Crippen MR) is 307 cm³/mol. The molecule has 0 saturated carbocycles. The van der Waals surface area contributed by atoms with Gasteiger partial charge in [0.1, 0.15) is 13.2 Å². The maximum Gasteiger partial charge on any atom is 0.306 e. The first-order chi connectivity index (χ1) is 35.0. The van der Waals surface area contributed by atoms with Gasteiger partial charge in [-0.05, 0) is 109 Å². The van der Waals surface area contributed by atoms with Crippen LogP contribution in [-0.2, 0) is 28.6 Å². The molecule has 1 atom stereocenters. The third-order valence-corrected chi connectivity index (χ3v) is 12.9. The Morgan fingerprint density at radius 1 is 0.296 bits per heavy atom. The van der Waals surface area contributed by atoms with E-state index in [2.05, 4.69) is 106 Å². The third kappa shape index (κ3) is 57.4. The normalized spacial score (nSPS) is 12.7. The molecule has 0 radical (unpaired) electrons. The number of carbonyl (C=O) groups excluding carboxylic acids is 3. The fourth-order valence-electron chi connectivity index (χ4n) is 8.35. The molecule has 0 aromatic carbocycles. The first-order valence-electron chi connectivity index (χ1n) is 30.1. The standard InChI is InChI=1S/C65H112O6/c1-4-7-10-13-16-19-22-25-28-31-32-35-38-41-44-47-50-53-56-59-65(68)71-62(60-69-63(66)57-54-51-48-45-42-39-36-33-29-26-23-20-17-14-11-8-5-2)61-70-64(67)58-55-52-49-46-43-40-37-34-30-27-24-21-18-15-12-9-6-3/h8,11,17,20,25-30,36,39,45,48,62H,4-7,9-10,12-16,18-19,21-24,31-35,37-38,40-44,46-47,49-61H2,1-3H3/b11-8-,20-17-,28-25-,29-26-,30-27-,39-36-,48-45-/t62-/m1/s1. The second-order valence-corrected chi connectivity index (χ2v) is 19.9. The molecule has 0 aliphatic heterocycles. The summed E-state index contributed by atoms with van der Waals surface area (Å²) in [6, 6.07) is 0. The highest BCUT2D eigenvalue weighted by atomic mass is 16.6. The van der Waals surface area contributed by atoms with Crippen molar-refractivity contribution in [3.8, 4) is 0 Å². The van der Waals surface area contributed by atoms with Crippen molar-refractivity contribution >= 4 is 17.9 Å². The minimum atomic E-state index is -0.803. The van der Waals surface area contributed by atoms with Crippen LogP contribution in [0.25, 0.3) is 0 Å². The van der Waals surface area contributed by atoms with Crippen molar-refractivity contribution in [1.29, 1.82) is 0 Å². The van der Waals surface area contributed by atoms with E-state index in [4.69, 9.17) is 14.2 Å². The van der Waals surface area contributed by atoms with Crippen LogP contribution in [0.4, 0.5) is 0 Å². The molecule has 0 spiro atoms. The van der Waals surface area contributed by atoms with Gasteiger partial charge in [-0.15, -0.1) is 0 Å². The van der Waals surface area contributed by atoms with Gasteiger partial charge in [-0.3, -0.25) is 14.4 Å². The minimum absolute atomic E-state index is 0.0965. The molecule has 71 heavy (non-hydrogen) atoms. The van der Waals surface area contributed by atoms with Crippen LogP contribution in [0.3, 0.4) is 0 Å². The van der Waals surface area contributed by atoms with Crippen molar-refractivity contribution in [3.63, 3.8) is 0 Å². The lowest BCUT2D eigenvalue weighted by atomic mass is 10.1. The summed E-state index contributed by atoms with van der Waals surface area (Å²) in [7, 11) is 0. The number of ether oxygens (including phenoxy) is 3. The Morgan fingerprint density at radius 2 is 0.563 bits per heavy atom. The fourth-order valence-corrected chi connectivity index (χ4v) is 8.35. The molecule has 0 N–H and O–H groups in total. The van der Waals surface area contributed by atoms with Crippen LogP contribution in [0.1, 0.15) is 290 Å². The van der Waals surface area contributed by atoms with Gasteiger partial charge in [0.25, 0.3) is 0 Å². The highest BCUT2D eigenvalue weighted by molar-refractivity contribution is 5.71. The summed E-state index contributed by atoms with van der Waals surface area (Å²) < 4.78 is 16.8. The fraction of sp³-hybridized carbons (Fsp3) is 0.738. The lowest BCUT2D eigenvalue weighted by Crippen LogP contribution is -2.30. The molecule has 0 bridgehead atoms. The zero-order chi connectivity index (χ0) is 51.4. The summed E-state index contributed by atoms with van der Waals surface area (Å²) in [5.41, 5.74) is 0. The molecule has 0 aromatic heterocycles. The van der Waals surface area contributed by atoms with Gasteiger partial charge in [0.05, 0.1) is 0 Å². The van der Waals surface area contributed by atoms with Crippen LogP contribution in [0.5, 0.6) is 0 Å². The highest BCUT2D eigenvalue weighted by Crippen LogP contribution is 2.15. The first-order valence-corrected chi connectivity index (χ1v) is 30.1. The Morgan fingerprint density at radius 3 is 0.930 bits per heavy atom. The summed E-state index contributed by atoms with van der Waals surface area (Å²) >= 11 is 0. The Balaban J connectivity index is 4.46. The zero-order valence-corrected chi connectivity index (χ0v) is 46.7. The van der Waals surface area contributed by atoms with E-state index in [9.17, 15) is 14.4 Å². The Bertz CT molecular complexity index is 1370. The van der Waals surface area contributed by atoms with Gasteiger partial charge in [0.2, 0.25) is 0 Å². The smallest absolute Gasteiger partial charge is 0.306 e. The Hall–Kier alpha value is -3.41. The lowest BCUT2D eigenvalue weighted by Gasteiger charge is -2.18. The molecule has 0 rings (SSSR count). The summed E-state index contributed by atoms with van der Waals surface area (Å²) in [6.45, 7) is 6.49. The summed E-state index contributed by atoms with van der Waals surface area (Å²) in [5.74, 6) is -0.955. The number of unbranched alkanes of at least 4 members (excludes halogenated alkanes) is 29. The average molecular weight is 990 g/mol. The SMILES string of the molecule is CC/C=C\C/C=C\C/C=C\C/C=C\C/C=C\CCCC(=O)OC[C@H](COC(=O)CCCCCCCCC/C=C\CCCCCCCC)OC(=O)CCCCCCCCCCC/C=C\CCCCCCCC. The highest BCUT2D eigenvalue weighted by Gasteiger charge is 2.19. The Labute approximate surface area is 439 Å². The molecule has 6 heteroatoms. The molecular weight excluding hydrogens is 877 g/mol. The number of allylic oxidation sites excluding steroid dienone is 14. The zero-order valence-electron chi connectivity index (χ0n) is 46.7. The van der Waals surface area contributed by atoms with Crippen molar-refractivity contribution < 1.29 is 28.6 Å². The van der Waals surface area contributed by atoms with Crippen molar-refractivity contribution in [1.82, 2.24) is 0 Å². The second kappa shape index (κ2) is 59.2. The van der Waals surface area contributed by atoms with Crippen LogP contribution in [-0.4, -0.2) is 37.2 Å². The van der Waals surface area contributed by atoms with E-state index in [-0.39, 0.29) is 37.5 Å². The molecule has 0 fully saturated rings. The van der Waals surface area contributed by atoms with Crippen LogP contribution < -0.4 is 0 Å². The monoisotopic (exact) mass is 989 g/mol. The topological polar surface area (TPSA) is 78.9 Å². The lowest BCUT2D eigenvalue weighted by molar-refractivity contribution is -0.167. The van der Waals surface area contributed by atoms with E-state index in [0.29, 0.717) is 19.3 Å². The quantitative estimate of drug-likeness (QED) is 0.0261. The third-order valence-electron chi connectivity index (χ3n) is 12.9. The van der Waals surface area contributed by atoms with Gasteiger partial charge in [-0.25, -0.2) is 0 Å². The van der Waals surface area contributed by atoms with Crippen LogP contribution >= 0.6 is 0 Å². The molecule has 408 valence electrons. The van der Waals surface area contributed by atoms with Crippen LogP contribution in [0.15, 0.2) is 85.1 Å². The van der Waals surface area contributed by atoms with E-state index in [1.165, 1.54) is 167 Å². The maximum atomic E-state index is 12.9. The van der Waals surface area contributed by atoms with E-state index in [0.717, 1.165) is 77.0 Å². The average Bonchev–Trinajstić information content (AvgIpc) is 3.37. The van der Waals surface area contributed by atoms with E-state index in [1.54, 1.807) is 0 Å². The molecule has 0 aliphatic rings. The largest absolute Gasteiger partial charge is 0.462 e. The summed E-state index contributed by atoms with van der Waals surface area (Å²) in [5, 5.41) is 0. The molecule has 0 unspecified atom stereocenters. The number of hydrogen-bond donors (Lipinski definition) is 0. The first kappa shape index (κ1) is 67.6. The van der Waals surface area contributed by atoms with Gasteiger partial charge >= 0.3 is 17.9 Å². The van der Waals surface area contributed by atoms with E-state index >= 15 is 0 Å². The number of rotatable bonds is 54. The van der Waals surface area contributed by atoms with Crippen LogP contribution in [0.2, 0.25) is 0 Å². The number of esters is 3. The Kier molecular flexibility index (Phi) is 56.3. The number of carbonyl (C=O) groups is 3. The second-order valence-electron chi connectivity index (χ2n) is 19.9. The molecule has 6 nitrogen and oxygen atoms in total. The van der Waals surface area contributed by atoms with Crippen molar-refractivity contribution in [2.45, 2.75) is 297 Å². The molecule has 0 aromatic rings. The van der Waals surface area contributed by atoms with Gasteiger partial charge in [-0.1, -0.05) is 247 Å². The van der Waals surface area contributed by atoms with Crippen molar-refractivity contribution in [2.24, 2.45) is 0 Å². The van der Waals surface area contributed by atoms with Gasteiger partial charge in [-0.2, -0.15) is 0 Å². The maximum absolute atomic E-state index is 12.9. The van der Waals surface area contributed by atoms with Gasteiger partial charge in [0, 0.05) is 19.3 Å².